The van der Waals surface area contributed by atoms with Gasteiger partial charge in [-0.2, -0.15) is 0 Å². The van der Waals surface area contributed by atoms with E-state index in [4.69, 9.17) is 4.74 Å². The minimum Gasteiger partial charge on any atom is -0.496 e. The maximum Gasteiger partial charge on any atom is 0.314 e. The van der Waals surface area contributed by atoms with Crippen LogP contribution < -0.4 is 4.74 Å². The van der Waals surface area contributed by atoms with Crippen molar-refractivity contribution < 1.29 is 19.0 Å². The second-order valence-electron chi connectivity index (χ2n) is 5.14. The van der Waals surface area contributed by atoms with Crippen LogP contribution >= 0.6 is 0 Å². The second kappa shape index (κ2) is 5.95. The zero-order valence-corrected chi connectivity index (χ0v) is 12.0. The maximum atomic E-state index is 13.4. The first-order valence-corrected chi connectivity index (χ1v) is 6.58. The normalized spacial score (nSPS) is 13.5. The van der Waals surface area contributed by atoms with Gasteiger partial charge in [-0.05, 0) is 42.7 Å². The Hall–Kier alpha value is -2.36. The van der Waals surface area contributed by atoms with E-state index >= 15 is 0 Å². The number of rotatable bonds is 5. The topological polar surface area (TPSA) is 46.5 Å². The van der Waals surface area contributed by atoms with Crippen LogP contribution in [0.1, 0.15) is 18.1 Å². The molecule has 0 aliphatic carbocycles. The van der Waals surface area contributed by atoms with E-state index in [1.807, 2.05) is 18.2 Å². The van der Waals surface area contributed by atoms with Crippen molar-refractivity contribution in [3.05, 3.63) is 65.5 Å². The van der Waals surface area contributed by atoms with Gasteiger partial charge in [0.15, 0.2) is 0 Å². The molecule has 0 saturated carbocycles. The average molecular weight is 288 g/mol. The number of halogens is 1. The number of benzene rings is 2. The molecule has 2 aromatic rings. The van der Waals surface area contributed by atoms with Gasteiger partial charge in [0.2, 0.25) is 0 Å². The fourth-order valence-corrected chi connectivity index (χ4v) is 2.36. The molecular weight excluding hydrogens is 271 g/mol. The summed E-state index contributed by atoms with van der Waals surface area (Å²) in [6.45, 7) is 1.59. The molecule has 0 spiro atoms. The summed E-state index contributed by atoms with van der Waals surface area (Å²) in [4.78, 5) is 11.8. The summed E-state index contributed by atoms with van der Waals surface area (Å²) in [5.41, 5.74) is -0.0217. The van der Waals surface area contributed by atoms with Crippen LogP contribution in [0.15, 0.2) is 48.5 Å². The Bertz CT molecular complexity index is 654. The zero-order valence-electron chi connectivity index (χ0n) is 12.0. The minimum atomic E-state index is -1.23. The van der Waals surface area contributed by atoms with Crippen LogP contribution in [-0.2, 0) is 16.6 Å². The summed E-state index contributed by atoms with van der Waals surface area (Å²) < 4.78 is 18.7. The predicted octanol–water partition coefficient (Wildman–Crippen LogP) is 3.42. The Morgan fingerprint density at radius 3 is 2.57 bits per heavy atom. The molecule has 0 radical (unpaired) electrons. The van der Waals surface area contributed by atoms with Gasteiger partial charge in [0.05, 0.1) is 12.5 Å². The number of carboxylic acid groups (broad SMARTS) is 1. The largest absolute Gasteiger partial charge is 0.496 e. The summed E-state index contributed by atoms with van der Waals surface area (Å²) in [7, 11) is 1.54. The molecular formula is C17H17FO3. The standard InChI is InChI=1S/C17H17FO3/c1-17(16(19)20,13-7-5-8-14(18)10-13)11-12-6-3-4-9-15(12)21-2/h3-10H,11H2,1-2H3,(H,19,20). The molecule has 0 bridgehead atoms. The third kappa shape index (κ3) is 3.05. The Labute approximate surface area is 123 Å². The van der Waals surface area contributed by atoms with Crippen LogP contribution in [0, 0.1) is 5.82 Å². The quantitative estimate of drug-likeness (QED) is 0.917. The Morgan fingerprint density at radius 2 is 1.95 bits per heavy atom. The van der Waals surface area contributed by atoms with Crippen molar-refractivity contribution in [1.82, 2.24) is 0 Å². The highest BCUT2D eigenvalue weighted by atomic mass is 19.1. The molecule has 0 aliphatic rings. The number of ether oxygens (including phenoxy) is 1. The fraction of sp³-hybridized carbons (Fsp3) is 0.235. The SMILES string of the molecule is COc1ccccc1CC(C)(C(=O)O)c1cccc(F)c1. The Morgan fingerprint density at radius 1 is 1.24 bits per heavy atom. The number of aliphatic carboxylic acids is 1. The molecule has 0 aromatic heterocycles. The van der Waals surface area contributed by atoms with E-state index in [2.05, 4.69) is 0 Å². The summed E-state index contributed by atoms with van der Waals surface area (Å²) in [5, 5.41) is 9.64. The third-order valence-corrected chi connectivity index (χ3v) is 3.67. The fourth-order valence-electron chi connectivity index (χ4n) is 2.36. The van der Waals surface area contributed by atoms with E-state index in [9.17, 15) is 14.3 Å². The van der Waals surface area contributed by atoms with E-state index in [0.29, 0.717) is 11.3 Å². The highest BCUT2D eigenvalue weighted by molar-refractivity contribution is 5.81. The lowest BCUT2D eigenvalue weighted by atomic mass is 9.77. The van der Waals surface area contributed by atoms with Gasteiger partial charge in [-0.15, -0.1) is 0 Å². The van der Waals surface area contributed by atoms with Gasteiger partial charge in [0, 0.05) is 0 Å². The van der Waals surface area contributed by atoms with Crippen LogP contribution in [0.4, 0.5) is 4.39 Å². The molecule has 0 aliphatic heterocycles. The first-order valence-electron chi connectivity index (χ1n) is 6.58. The molecule has 0 saturated heterocycles. The lowest BCUT2D eigenvalue weighted by Crippen LogP contribution is -2.35. The van der Waals surface area contributed by atoms with Gasteiger partial charge in [-0.3, -0.25) is 4.79 Å². The van der Waals surface area contributed by atoms with Gasteiger partial charge < -0.3 is 9.84 Å². The van der Waals surface area contributed by atoms with Crippen LogP contribution in [0.25, 0.3) is 0 Å². The number of para-hydroxylation sites is 1. The molecule has 1 unspecified atom stereocenters. The monoisotopic (exact) mass is 288 g/mol. The molecule has 21 heavy (non-hydrogen) atoms. The summed E-state index contributed by atoms with van der Waals surface area (Å²) in [6, 6.07) is 13.0. The van der Waals surface area contributed by atoms with E-state index < -0.39 is 17.2 Å². The molecule has 2 rings (SSSR count). The Kier molecular flexibility index (Phi) is 4.26. The molecule has 4 heteroatoms. The van der Waals surface area contributed by atoms with Crippen molar-refractivity contribution in [2.24, 2.45) is 0 Å². The van der Waals surface area contributed by atoms with Crippen molar-refractivity contribution >= 4 is 5.97 Å². The first kappa shape index (κ1) is 15.0. The van der Waals surface area contributed by atoms with E-state index in [1.165, 1.54) is 18.2 Å². The molecule has 3 nitrogen and oxygen atoms in total. The number of carboxylic acids is 1. The van der Waals surface area contributed by atoms with Crippen molar-refractivity contribution in [1.29, 1.82) is 0 Å². The van der Waals surface area contributed by atoms with Crippen LogP contribution in [-0.4, -0.2) is 18.2 Å². The molecule has 0 amide bonds. The smallest absolute Gasteiger partial charge is 0.314 e. The number of hydrogen-bond donors (Lipinski definition) is 1. The predicted molar refractivity (Wildman–Crippen MR) is 78.1 cm³/mol. The number of hydrogen-bond acceptors (Lipinski definition) is 2. The minimum absolute atomic E-state index is 0.218. The summed E-state index contributed by atoms with van der Waals surface area (Å²) in [5.74, 6) is -0.819. The third-order valence-electron chi connectivity index (χ3n) is 3.67. The van der Waals surface area contributed by atoms with Crippen molar-refractivity contribution in [2.45, 2.75) is 18.8 Å². The lowest BCUT2D eigenvalue weighted by molar-refractivity contribution is -0.143. The maximum absolute atomic E-state index is 13.4. The van der Waals surface area contributed by atoms with E-state index in [1.54, 1.807) is 26.2 Å². The average Bonchev–Trinajstić information content (AvgIpc) is 2.47. The number of methoxy groups -OCH3 is 1. The van der Waals surface area contributed by atoms with Crippen molar-refractivity contribution in [2.75, 3.05) is 7.11 Å². The summed E-state index contributed by atoms with van der Waals surface area (Å²) in [6.07, 6.45) is 0.218. The van der Waals surface area contributed by atoms with Gasteiger partial charge in [-0.1, -0.05) is 30.3 Å². The zero-order chi connectivity index (χ0) is 15.5. The molecule has 110 valence electrons. The molecule has 0 heterocycles. The van der Waals surface area contributed by atoms with Crippen LogP contribution in [0.2, 0.25) is 0 Å². The van der Waals surface area contributed by atoms with Crippen LogP contribution in [0.5, 0.6) is 5.75 Å². The van der Waals surface area contributed by atoms with Crippen molar-refractivity contribution in [3.63, 3.8) is 0 Å². The second-order valence-corrected chi connectivity index (χ2v) is 5.14. The highest BCUT2D eigenvalue weighted by Gasteiger charge is 2.36. The number of carbonyl (C=O) groups is 1. The van der Waals surface area contributed by atoms with Gasteiger partial charge in [0.1, 0.15) is 11.6 Å². The molecule has 2 aromatic carbocycles. The van der Waals surface area contributed by atoms with Crippen LogP contribution in [0.3, 0.4) is 0 Å². The van der Waals surface area contributed by atoms with Gasteiger partial charge >= 0.3 is 5.97 Å². The lowest BCUT2D eigenvalue weighted by Gasteiger charge is -2.26. The first-order chi connectivity index (χ1) is 9.97. The van der Waals surface area contributed by atoms with E-state index in [0.717, 1.165) is 5.56 Å². The molecule has 1 N–H and O–H groups in total. The molecule has 1 atom stereocenters. The summed E-state index contributed by atoms with van der Waals surface area (Å²) >= 11 is 0. The highest BCUT2D eigenvalue weighted by Crippen LogP contribution is 2.32. The van der Waals surface area contributed by atoms with Gasteiger partial charge in [-0.25, -0.2) is 4.39 Å². The Balaban J connectivity index is 2.46. The van der Waals surface area contributed by atoms with E-state index in [-0.39, 0.29) is 6.42 Å². The van der Waals surface area contributed by atoms with Gasteiger partial charge in [0.25, 0.3) is 0 Å². The molecule has 0 fully saturated rings. The van der Waals surface area contributed by atoms with Crippen molar-refractivity contribution in [3.8, 4) is 5.75 Å².